The first-order chi connectivity index (χ1) is 12.8. The van der Waals surface area contributed by atoms with Crippen molar-refractivity contribution in [2.75, 3.05) is 19.6 Å². The smallest absolute Gasteiger partial charge is 0.418 e. The Labute approximate surface area is 163 Å². The van der Waals surface area contributed by atoms with Crippen molar-refractivity contribution in [3.63, 3.8) is 0 Å². The maximum Gasteiger partial charge on any atom is 0.673 e. The molecule has 0 saturated carbocycles. The van der Waals surface area contributed by atoms with E-state index in [0.29, 0.717) is 0 Å². The minimum Gasteiger partial charge on any atom is -0.418 e. The van der Waals surface area contributed by atoms with Gasteiger partial charge in [0.05, 0.1) is 19.6 Å². The molecule has 0 spiro atoms. The van der Waals surface area contributed by atoms with E-state index < -0.39 is 7.25 Å². The van der Waals surface area contributed by atoms with Crippen LogP contribution >= 0.6 is 0 Å². The standard InChI is InChI=1S/C21H36N.BF4/c1-4-7-10-14-19-22(17-8-5-2,18-9-6-3)20-21-15-12-11-13-16-21;2-1(3,4)5/h4,11-13,15-16H,1,5-10,14,17-20H2,2-3H3;/q+1;-1. The lowest BCUT2D eigenvalue weighted by atomic mass is 10.1. The zero-order valence-electron chi connectivity index (χ0n) is 17.0. The topological polar surface area (TPSA) is 0 Å². The first-order valence-corrected chi connectivity index (χ1v) is 10.1. The first kappa shape index (κ1) is 25.7. The van der Waals surface area contributed by atoms with Crippen LogP contribution in [0.1, 0.15) is 64.4 Å². The number of rotatable bonds is 13. The summed E-state index contributed by atoms with van der Waals surface area (Å²) in [6, 6.07) is 11.1. The fraction of sp³-hybridized carbons (Fsp3) is 0.619. The molecule has 0 fully saturated rings. The van der Waals surface area contributed by atoms with E-state index in [2.05, 4.69) is 56.8 Å². The Kier molecular flexibility index (Phi) is 14.0. The summed E-state index contributed by atoms with van der Waals surface area (Å²) in [4.78, 5) is 0. The molecule has 0 aromatic heterocycles. The highest BCUT2D eigenvalue weighted by molar-refractivity contribution is 6.50. The molecule has 0 radical (unpaired) electrons. The number of hydrogen-bond acceptors (Lipinski definition) is 0. The van der Waals surface area contributed by atoms with Gasteiger partial charge in [0.2, 0.25) is 0 Å². The second kappa shape index (κ2) is 14.7. The Morgan fingerprint density at radius 3 is 1.78 bits per heavy atom. The predicted molar refractivity (Wildman–Crippen MR) is 109 cm³/mol. The van der Waals surface area contributed by atoms with Crippen molar-refractivity contribution in [3.8, 4) is 0 Å². The van der Waals surface area contributed by atoms with Gasteiger partial charge in [-0.3, -0.25) is 0 Å². The minimum absolute atomic E-state index is 1.16. The van der Waals surface area contributed by atoms with E-state index in [9.17, 15) is 17.3 Å². The predicted octanol–water partition coefficient (Wildman–Crippen LogP) is 7.26. The molecular formula is C21H36BF4N. The van der Waals surface area contributed by atoms with Gasteiger partial charge < -0.3 is 21.7 Å². The van der Waals surface area contributed by atoms with Gasteiger partial charge in [0.25, 0.3) is 0 Å². The highest BCUT2D eigenvalue weighted by atomic mass is 19.5. The average Bonchev–Trinajstić information content (AvgIpc) is 2.61. The van der Waals surface area contributed by atoms with E-state index in [-0.39, 0.29) is 0 Å². The van der Waals surface area contributed by atoms with Crippen LogP contribution in [0.3, 0.4) is 0 Å². The summed E-state index contributed by atoms with van der Waals surface area (Å²) in [6.45, 7) is 13.7. The third-order valence-corrected chi connectivity index (χ3v) is 4.62. The number of unbranched alkanes of at least 4 members (excludes halogenated alkanes) is 4. The molecule has 156 valence electrons. The molecule has 0 aliphatic rings. The van der Waals surface area contributed by atoms with Gasteiger partial charge in [-0.1, -0.05) is 63.1 Å². The summed E-state index contributed by atoms with van der Waals surface area (Å²) >= 11 is 0. The van der Waals surface area contributed by atoms with E-state index in [1.807, 2.05) is 0 Å². The quantitative estimate of drug-likeness (QED) is 0.109. The summed E-state index contributed by atoms with van der Waals surface area (Å²) in [7, 11) is -6.00. The van der Waals surface area contributed by atoms with Crippen molar-refractivity contribution in [3.05, 3.63) is 48.6 Å². The summed E-state index contributed by atoms with van der Waals surface area (Å²) in [5, 5.41) is 0. The number of halogens is 4. The molecule has 27 heavy (non-hydrogen) atoms. The fourth-order valence-electron chi connectivity index (χ4n) is 3.27. The van der Waals surface area contributed by atoms with Crippen LogP contribution in [0.25, 0.3) is 0 Å². The lowest BCUT2D eigenvalue weighted by molar-refractivity contribution is -0.941. The Morgan fingerprint density at radius 1 is 0.852 bits per heavy atom. The van der Waals surface area contributed by atoms with Gasteiger partial charge >= 0.3 is 7.25 Å². The van der Waals surface area contributed by atoms with Crippen LogP contribution < -0.4 is 0 Å². The fourth-order valence-corrected chi connectivity index (χ4v) is 3.27. The van der Waals surface area contributed by atoms with Crippen LogP contribution in [0.15, 0.2) is 43.0 Å². The second-order valence-electron chi connectivity index (χ2n) is 7.14. The van der Waals surface area contributed by atoms with E-state index in [1.165, 1.54) is 74.8 Å². The average molecular weight is 389 g/mol. The maximum absolute atomic E-state index is 9.75. The lowest BCUT2D eigenvalue weighted by Crippen LogP contribution is -2.49. The van der Waals surface area contributed by atoms with Crippen LogP contribution in [0, 0.1) is 0 Å². The van der Waals surface area contributed by atoms with E-state index in [1.54, 1.807) is 0 Å². The SMILES string of the molecule is C=CCCCC[N+](CCCC)(CCCC)Cc1ccccc1.F[B-](F)(F)F. The zero-order chi connectivity index (χ0) is 20.6. The Morgan fingerprint density at radius 2 is 1.33 bits per heavy atom. The molecule has 0 bridgehead atoms. The molecule has 1 nitrogen and oxygen atoms in total. The lowest BCUT2D eigenvalue weighted by Gasteiger charge is -2.39. The van der Waals surface area contributed by atoms with Crippen molar-refractivity contribution < 1.29 is 21.7 Å². The van der Waals surface area contributed by atoms with E-state index in [4.69, 9.17) is 0 Å². The van der Waals surface area contributed by atoms with Gasteiger partial charge in [0.15, 0.2) is 0 Å². The van der Waals surface area contributed by atoms with Gasteiger partial charge in [-0.05, 0) is 32.1 Å². The Balaban J connectivity index is 0.00000119. The molecule has 1 rings (SSSR count). The van der Waals surface area contributed by atoms with Crippen molar-refractivity contribution in [2.24, 2.45) is 0 Å². The van der Waals surface area contributed by atoms with Crippen LogP contribution in [0.2, 0.25) is 0 Å². The number of nitrogens with zero attached hydrogens (tertiary/aromatic N) is 1. The second-order valence-corrected chi connectivity index (χ2v) is 7.14. The van der Waals surface area contributed by atoms with Crippen LogP contribution in [-0.2, 0) is 6.54 Å². The molecule has 6 heteroatoms. The summed E-state index contributed by atoms with van der Waals surface area (Å²) < 4.78 is 40.3. The number of allylic oxidation sites excluding steroid dienone is 1. The molecule has 0 saturated heterocycles. The largest absolute Gasteiger partial charge is 0.673 e. The first-order valence-electron chi connectivity index (χ1n) is 10.1. The van der Waals surface area contributed by atoms with Crippen molar-refractivity contribution in [1.82, 2.24) is 0 Å². The molecule has 0 amide bonds. The van der Waals surface area contributed by atoms with Gasteiger partial charge in [-0.25, -0.2) is 0 Å². The molecular weight excluding hydrogens is 353 g/mol. The molecule has 0 unspecified atom stereocenters. The minimum atomic E-state index is -6.00. The highest BCUT2D eigenvalue weighted by Gasteiger charge is 2.26. The monoisotopic (exact) mass is 389 g/mol. The van der Waals surface area contributed by atoms with Crippen molar-refractivity contribution >= 4 is 7.25 Å². The maximum atomic E-state index is 9.75. The molecule has 0 atom stereocenters. The normalized spacial score (nSPS) is 11.6. The molecule has 0 N–H and O–H groups in total. The summed E-state index contributed by atoms with van der Waals surface area (Å²) in [5.41, 5.74) is 1.50. The molecule has 1 aromatic carbocycles. The van der Waals surface area contributed by atoms with E-state index >= 15 is 0 Å². The van der Waals surface area contributed by atoms with Crippen molar-refractivity contribution in [2.45, 2.75) is 65.3 Å². The highest BCUT2D eigenvalue weighted by Crippen LogP contribution is 2.20. The number of hydrogen-bond donors (Lipinski definition) is 0. The summed E-state index contributed by atoms with van der Waals surface area (Å²) in [5.74, 6) is 0. The van der Waals surface area contributed by atoms with Gasteiger partial charge in [0, 0.05) is 5.56 Å². The Bertz CT molecular complexity index is 463. The molecule has 1 aromatic rings. The Hall–Kier alpha value is -1.30. The van der Waals surface area contributed by atoms with Crippen LogP contribution in [-0.4, -0.2) is 31.4 Å². The third kappa shape index (κ3) is 15.5. The van der Waals surface area contributed by atoms with Gasteiger partial charge in [0.1, 0.15) is 6.54 Å². The summed E-state index contributed by atoms with van der Waals surface area (Å²) in [6.07, 6.45) is 11.1. The molecule has 0 aliphatic carbocycles. The van der Waals surface area contributed by atoms with Gasteiger partial charge in [-0.2, -0.15) is 0 Å². The van der Waals surface area contributed by atoms with E-state index in [0.717, 1.165) is 6.42 Å². The third-order valence-electron chi connectivity index (χ3n) is 4.62. The van der Waals surface area contributed by atoms with Crippen LogP contribution in [0.4, 0.5) is 17.3 Å². The molecule has 0 heterocycles. The molecule has 0 aliphatic heterocycles. The van der Waals surface area contributed by atoms with Gasteiger partial charge in [-0.15, -0.1) is 6.58 Å². The number of benzene rings is 1. The van der Waals surface area contributed by atoms with Crippen LogP contribution in [0.5, 0.6) is 0 Å². The van der Waals surface area contributed by atoms with Crippen molar-refractivity contribution in [1.29, 1.82) is 0 Å². The zero-order valence-corrected chi connectivity index (χ0v) is 17.0. The number of quaternary nitrogens is 1.